The summed E-state index contributed by atoms with van der Waals surface area (Å²) in [4.78, 5) is 18.7. The number of carbonyl (C=O) groups excluding carboxylic acids is 2. The maximum atomic E-state index is 9.34. The van der Waals surface area contributed by atoms with Gasteiger partial charge in [0.1, 0.15) is 0 Å². The summed E-state index contributed by atoms with van der Waals surface area (Å²) in [7, 11) is 0. The number of aliphatic hydroxyl groups excluding tert-OH is 2. The number of carboxylic acids is 2. The van der Waals surface area contributed by atoms with E-state index >= 15 is 0 Å². The molecule has 0 heterocycles. The van der Waals surface area contributed by atoms with Crippen LogP contribution in [-0.2, 0) is 9.59 Å². The van der Waals surface area contributed by atoms with E-state index in [0.717, 1.165) is 13.8 Å². The standard InChI is InChI=1S/2C3H6O3.Ca/c2*1-2(4)3(5)6;/h2*2,4H,1H3,(H,5,6);/q;;+2/p-2/t2-;;/m1../s1. The van der Waals surface area contributed by atoms with E-state index in [9.17, 15) is 19.8 Å². The molecular formula is C6H10CaO6. The van der Waals surface area contributed by atoms with Gasteiger partial charge in [0.05, 0.1) is 24.1 Å². The molecule has 6 nitrogen and oxygen atoms in total. The number of rotatable bonds is 2. The van der Waals surface area contributed by atoms with E-state index in [4.69, 9.17) is 10.2 Å². The first-order chi connectivity index (χ1) is 5.29. The molecule has 2 N–H and O–H groups in total. The Morgan fingerprint density at radius 2 is 1.08 bits per heavy atom. The Hall–Kier alpha value is 0.120. The van der Waals surface area contributed by atoms with Gasteiger partial charge in [-0.25, -0.2) is 0 Å². The maximum absolute atomic E-state index is 9.34. The minimum absolute atomic E-state index is 0. The molecule has 2 atom stereocenters. The summed E-state index contributed by atoms with van der Waals surface area (Å²) in [6, 6.07) is 0. The molecule has 0 aromatic heterocycles. The first-order valence-electron chi connectivity index (χ1n) is 3.06. The van der Waals surface area contributed by atoms with E-state index in [1.807, 2.05) is 0 Å². The van der Waals surface area contributed by atoms with Crippen LogP contribution in [0.2, 0.25) is 0 Å². The number of aliphatic carboxylic acids is 2. The number of hydrogen-bond acceptors (Lipinski definition) is 6. The number of aliphatic hydroxyl groups is 2. The van der Waals surface area contributed by atoms with Crippen molar-refractivity contribution in [2.75, 3.05) is 0 Å². The van der Waals surface area contributed by atoms with Gasteiger partial charge in [-0.15, -0.1) is 0 Å². The number of carboxylic acid groups (broad SMARTS) is 2. The fourth-order valence-electron chi connectivity index (χ4n) is 0. The molecule has 0 saturated carbocycles. The third-order valence-electron chi connectivity index (χ3n) is 0.682. The molecule has 0 aliphatic heterocycles. The molecule has 0 aliphatic rings. The zero-order valence-electron chi connectivity index (χ0n) is 7.39. The molecule has 7 heteroatoms. The molecule has 72 valence electrons. The second-order valence-corrected chi connectivity index (χ2v) is 1.99. The van der Waals surface area contributed by atoms with E-state index in [1.165, 1.54) is 0 Å². The molecule has 0 amide bonds. The van der Waals surface area contributed by atoms with Gasteiger partial charge in [-0.2, -0.15) is 0 Å². The van der Waals surface area contributed by atoms with Gasteiger partial charge in [-0.05, 0) is 13.8 Å². The third kappa shape index (κ3) is 18.8. The smallest absolute Gasteiger partial charge is 0.547 e. The molecule has 0 aromatic carbocycles. The van der Waals surface area contributed by atoms with Crippen LogP contribution in [0.15, 0.2) is 0 Å². The van der Waals surface area contributed by atoms with Crippen LogP contribution >= 0.6 is 0 Å². The Bertz CT molecular complexity index is 137. The minimum atomic E-state index is -1.44. The third-order valence-corrected chi connectivity index (χ3v) is 0.682. The van der Waals surface area contributed by atoms with Crippen LogP contribution in [0.1, 0.15) is 13.8 Å². The Kier molecular flexibility index (Phi) is 14.8. The van der Waals surface area contributed by atoms with Crippen LogP contribution in [0, 0.1) is 0 Å². The van der Waals surface area contributed by atoms with Crippen LogP contribution in [-0.4, -0.2) is 72.1 Å². The zero-order chi connectivity index (χ0) is 10.3. The molecule has 0 saturated heterocycles. The summed E-state index contributed by atoms with van der Waals surface area (Å²) in [6.45, 7) is 2.27. The minimum Gasteiger partial charge on any atom is -0.547 e. The molecule has 13 heavy (non-hydrogen) atoms. The van der Waals surface area contributed by atoms with E-state index in [1.54, 1.807) is 0 Å². The molecule has 0 aliphatic carbocycles. The van der Waals surface area contributed by atoms with Gasteiger partial charge in [0.2, 0.25) is 0 Å². The fraction of sp³-hybridized carbons (Fsp3) is 0.667. The van der Waals surface area contributed by atoms with E-state index in [2.05, 4.69) is 0 Å². The monoisotopic (exact) mass is 218 g/mol. The molecule has 0 aromatic rings. The van der Waals surface area contributed by atoms with Gasteiger partial charge < -0.3 is 30.0 Å². The van der Waals surface area contributed by atoms with Crippen molar-refractivity contribution in [1.29, 1.82) is 0 Å². The maximum Gasteiger partial charge on any atom is 2.00 e. The van der Waals surface area contributed by atoms with Crippen molar-refractivity contribution in [2.24, 2.45) is 0 Å². The topological polar surface area (TPSA) is 121 Å². The second-order valence-electron chi connectivity index (χ2n) is 1.99. The molecule has 0 radical (unpaired) electrons. The van der Waals surface area contributed by atoms with Crippen molar-refractivity contribution in [3.8, 4) is 0 Å². The van der Waals surface area contributed by atoms with Gasteiger partial charge in [0.15, 0.2) is 0 Å². The molecule has 0 spiro atoms. The van der Waals surface area contributed by atoms with Gasteiger partial charge in [-0.1, -0.05) is 0 Å². The van der Waals surface area contributed by atoms with Crippen LogP contribution in [0.3, 0.4) is 0 Å². The predicted octanol–water partition coefficient (Wildman–Crippen LogP) is -4.15. The summed E-state index contributed by atoms with van der Waals surface area (Å²) >= 11 is 0. The average Bonchev–Trinajstić information content (AvgIpc) is 1.88. The number of carbonyl (C=O) groups is 2. The average molecular weight is 218 g/mol. The first kappa shape index (κ1) is 18.8. The van der Waals surface area contributed by atoms with Crippen LogP contribution in [0.4, 0.5) is 0 Å². The van der Waals surface area contributed by atoms with Gasteiger partial charge >= 0.3 is 37.7 Å². The molecule has 0 rings (SSSR count). The molecule has 1 unspecified atom stereocenters. The summed E-state index contributed by atoms with van der Waals surface area (Å²) in [6.07, 6.45) is -2.69. The van der Waals surface area contributed by atoms with Crippen molar-refractivity contribution in [3.05, 3.63) is 0 Å². The van der Waals surface area contributed by atoms with Gasteiger partial charge in [0, 0.05) is 0 Å². The van der Waals surface area contributed by atoms with Crippen LogP contribution in [0.5, 0.6) is 0 Å². The van der Waals surface area contributed by atoms with E-state index in [-0.39, 0.29) is 37.7 Å². The van der Waals surface area contributed by atoms with Crippen LogP contribution < -0.4 is 10.2 Å². The predicted molar refractivity (Wildman–Crippen MR) is 39.1 cm³/mol. The quantitative estimate of drug-likeness (QED) is 0.454. The summed E-state index contributed by atoms with van der Waals surface area (Å²) in [5.41, 5.74) is 0. The van der Waals surface area contributed by atoms with Crippen molar-refractivity contribution >= 4 is 49.7 Å². The summed E-state index contributed by atoms with van der Waals surface area (Å²) < 4.78 is 0. The Balaban J connectivity index is -0.000000143. The SMILES string of the molecule is CC(O)C(=O)[O-].C[C@@H](O)C(=O)[O-].[Ca+2]. The largest absolute Gasteiger partial charge is 2.00 e. The molecular weight excluding hydrogens is 208 g/mol. The molecule has 0 fully saturated rings. The first-order valence-corrected chi connectivity index (χ1v) is 3.06. The second kappa shape index (κ2) is 10.2. The van der Waals surface area contributed by atoms with E-state index in [0.29, 0.717) is 0 Å². The van der Waals surface area contributed by atoms with Gasteiger partial charge in [0.25, 0.3) is 0 Å². The summed E-state index contributed by atoms with van der Waals surface area (Å²) in [5.74, 6) is -2.87. The van der Waals surface area contributed by atoms with Crippen molar-refractivity contribution in [2.45, 2.75) is 26.1 Å². The van der Waals surface area contributed by atoms with Crippen molar-refractivity contribution in [3.63, 3.8) is 0 Å². The summed E-state index contributed by atoms with van der Waals surface area (Å²) in [5, 5.41) is 34.6. The normalized spacial score (nSPS) is 12.6. The zero-order valence-corrected chi connectivity index (χ0v) is 9.60. The van der Waals surface area contributed by atoms with Crippen molar-refractivity contribution < 1.29 is 30.0 Å². The van der Waals surface area contributed by atoms with Crippen LogP contribution in [0.25, 0.3) is 0 Å². The Morgan fingerprint density at radius 1 is 1.00 bits per heavy atom. The van der Waals surface area contributed by atoms with Gasteiger partial charge in [-0.3, -0.25) is 0 Å². The Labute approximate surface area is 105 Å². The fourth-order valence-corrected chi connectivity index (χ4v) is 0. The Morgan fingerprint density at radius 3 is 1.08 bits per heavy atom. The number of hydrogen-bond donors (Lipinski definition) is 2. The van der Waals surface area contributed by atoms with E-state index < -0.39 is 24.1 Å². The van der Waals surface area contributed by atoms with Crippen molar-refractivity contribution in [1.82, 2.24) is 0 Å². The molecule has 0 bridgehead atoms.